The summed E-state index contributed by atoms with van der Waals surface area (Å²) in [5.41, 5.74) is 5.84. The van der Waals surface area contributed by atoms with Crippen LogP contribution in [0, 0.1) is 0 Å². The average Bonchev–Trinajstić information content (AvgIpc) is 2.04. The number of carbonyl (C=O) groups is 1. The van der Waals surface area contributed by atoms with Gasteiger partial charge in [0.2, 0.25) is 0 Å². The van der Waals surface area contributed by atoms with E-state index < -0.39 is 6.09 Å². The lowest BCUT2D eigenvalue weighted by Gasteiger charge is -2.24. The zero-order valence-corrected chi connectivity index (χ0v) is 7.57. The predicted octanol–water partition coefficient (Wildman–Crippen LogP) is 1.08. The molecule has 0 aliphatic heterocycles. The Labute approximate surface area is 77.8 Å². The number of amides is 1. The van der Waals surface area contributed by atoms with Crippen molar-refractivity contribution in [2.45, 2.75) is 37.8 Å². The molecule has 0 aromatic rings. The molecule has 0 radical (unpaired) electrons. The van der Waals surface area contributed by atoms with Gasteiger partial charge in [-0.15, -0.1) is 0 Å². The summed E-state index contributed by atoms with van der Waals surface area (Å²) in [5, 5.41) is 11.0. The summed E-state index contributed by atoms with van der Waals surface area (Å²) in [6.07, 6.45) is 6.70. The van der Waals surface area contributed by atoms with Crippen LogP contribution in [0.15, 0.2) is 12.2 Å². The second kappa shape index (κ2) is 4.87. The Morgan fingerprint density at radius 1 is 1.38 bits per heavy atom. The Kier molecular flexibility index (Phi) is 3.76. The molecule has 13 heavy (non-hydrogen) atoms. The normalized spacial score (nSPS) is 31.5. The van der Waals surface area contributed by atoms with E-state index in [4.69, 9.17) is 10.8 Å². The van der Waals surface area contributed by atoms with Crippen molar-refractivity contribution in [3.8, 4) is 0 Å². The Hall–Kier alpha value is -1.03. The lowest BCUT2D eigenvalue weighted by Crippen LogP contribution is -2.47. The van der Waals surface area contributed by atoms with Crippen LogP contribution in [0.2, 0.25) is 0 Å². The van der Waals surface area contributed by atoms with Crippen molar-refractivity contribution in [2.75, 3.05) is 0 Å². The smallest absolute Gasteiger partial charge is 0.404 e. The molecular weight excluding hydrogens is 168 g/mol. The first-order valence-corrected chi connectivity index (χ1v) is 4.60. The molecule has 4 N–H and O–H groups in total. The SMILES string of the molecule is N[C@@H]1CC/C=C/CCC1NC(=O)O. The summed E-state index contributed by atoms with van der Waals surface area (Å²) in [6.45, 7) is 0. The van der Waals surface area contributed by atoms with E-state index in [9.17, 15) is 4.79 Å². The van der Waals surface area contributed by atoms with E-state index in [1.54, 1.807) is 0 Å². The third-order valence-corrected chi connectivity index (χ3v) is 2.30. The highest BCUT2D eigenvalue weighted by atomic mass is 16.4. The highest BCUT2D eigenvalue weighted by molar-refractivity contribution is 5.64. The molecular formula is C9H16N2O2. The zero-order valence-electron chi connectivity index (χ0n) is 7.57. The summed E-state index contributed by atoms with van der Waals surface area (Å²) >= 11 is 0. The fourth-order valence-corrected chi connectivity index (χ4v) is 1.55. The molecule has 0 aromatic heterocycles. The van der Waals surface area contributed by atoms with Crippen LogP contribution in [0.25, 0.3) is 0 Å². The second-order valence-electron chi connectivity index (χ2n) is 3.35. The van der Waals surface area contributed by atoms with Gasteiger partial charge in [0.1, 0.15) is 0 Å². The van der Waals surface area contributed by atoms with Crippen LogP contribution < -0.4 is 11.1 Å². The minimum Gasteiger partial charge on any atom is -0.465 e. The molecule has 0 aromatic carbocycles. The van der Waals surface area contributed by atoms with Crippen LogP contribution in [-0.4, -0.2) is 23.3 Å². The average molecular weight is 184 g/mol. The molecule has 1 aliphatic rings. The molecule has 1 rings (SSSR count). The van der Waals surface area contributed by atoms with Gasteiger partial charge in [0, 0.05) is 12.1 Å². The molecule has 0 saturated carbocycles. The summed E-state index contributed by atoms with van der Waals surface area (Å²) in [5.74, 6) is 0. The lowest BCUT2D eigenvalue weighted by molar-refractivity contribution is 0.186. The van der Waals surface area contributed by atoms with Gasteiger partial charge >= 0.3 is 6.09 Å². The zero-order chi connectivity index (χ0) is 9.68. The van der Waals surface area contributed by atoms with Crippen LogP contribution in [-0.2, 0) is 0 Å². The van der Waals surface area contributed by atoms with E-state index in [2.05, 4.69) is 17.5 Å². The van der Waals surface area contributed by atoms with Crippen LogP contribution in [0.1, 0.15) is 25.7 Å². The molecule has 1 unspecified atom stereocenters. The Morgan fingerprint density at radius 3 is 2.62 bits per heavy atom. The van der Waals surface area contributed by atoms with Crippen molar-refractivity contribution in [1.82, 2.24) is 5.32 Å². The maximum atomic E-state index is 10.4. The van der Waals surface area contributed by atoms with Gasteiger partial charge in [0.15, 0.2) is 0 Å². The molecule has 1 amide bonds. The van der Waals surface area contributed by atoms with Crippen molar-refractivity contribution < 1.29 is 9.90 Å². The number of allylic oxidation sites excluding steroid dienone is 2. The Morgan fingerprint density at radius 2 is 2.00 bits per heavy atom. The van der Waals surface area contributed by atoms with E-state index in [-0.39, 0.29) is 12.1 Å². The Balaban J connectivity index is 2.48. The van der Waals surface area contributed by atoms with Crippen molar-refractivity contribution in [1.29, 1.82) is 0 Å². The molecule has 74 valence electrons. The van der Waals surface area contributed by atoms with Crippen molar-refractivity contribution in [3.05, 3.63) is 12.2 Å². The first-order chi connectivity index (χ1) is 6.20. The number of hydrogen-bond donors (Lipinski definition) is 3. The minimum atomic E-state index is -0.981. The van der Waals surface area contributed by atoms with Gasteiger partial charge in [0.25, 0.3) is 0 Å². The fourth-order valence-electron chi connectivity index (χ4n) is 1.55. The van der Waals surface area contributed by atoms with Gasteiger partial charge in [-0.05, 0) is 25.7 Å². The van der Waals surface area contributed by atoms with Crippen LogP contribution in [0.3, 0.4) is 0 Å². The number of carboxylic acid groups (broad SMARTS) is 1. The van der Waals surface area contributed by atoms with Gasteiger partial charge in [-0.25, -0.2) is 4.79 Å². The molecule has 4 nitrogen and oxygen atoms in total. The monoisotopic (exact) mass is 184 g/mol. The van der Waals surface area contributed by atoms with E-state index >= 15 is 0 Å². The van der Waals surface area contributed by atoms with E-state index in [0.29, 0.717) is 0 Å². The minimum absolute atomic E-state index is 0.0546. The van der Waals surface area contributed by atoms with Gasteiger partial charge in [-0.2, -0.15) is 0 Å². The quantitative estimate of drug-likeness (QED) is 0.534. The summed E-state index contributed by atoms with van der Waals surface area (Å²) in [6, 6.07) is -0.150. The summed E-state index contributed by atoms with van der Waals surface area (Å²) in [4.78, 5) is 10.4. The standard InChI is InChI=1S/C9H16N2O2/c10-7-5-3-1-2-4-6-8(7)11-9(12)13/h1-2,7-8,11H,3-6,10H2,(H,12,13)/b2-1+/t7-,8?/m1/s1. The van der Waals surface area contributed by atoms with E-state index in [1.807, 2.05) is 0 Å². The third-order valence-electron chi connectivity index (χ3n) is 2.30. The number of hydrogen-bond acceptors (Lipinski definition) is 2. The second-order valence-corrected chi connectivity index (χ2v) is 3.35. The first-order valence-electron chi connectivity index (χ1n) is 4.60. The molecule has 0 saturated heterocycles. The molecule has 0 spiro atoms. The topological polar surface area (TPSA) is 75.3 Å². The highest BCUT2D eigenvalue weighted by Crippen LogP contribution is 2.11. The Bertz CT molecular complexity index is 204. The summed E-state index contributed by atoms with van der Waals surface area (Å²) < 4.78 is 0. The van der Waals surface area contributed by atoms with Gasteiger partial charge in [-0.3, -0.25) is 0 Å². The predicted molar refractivity (Wildman–Crippen MR) is 50.5 cm³/mol. The largest absolute Gasteiger partial charge is 0.465 e. The van der Waals surface area contributed by atoms with E-state index in [1.165, 1.54) is 0 Å². The number of nitrogens with two attached hydrogens (primary N) is 1. The van der Waals surface area contributed by atoms with Crippen molar-refractivity contribution in [2.24, 2.45) is 5.73 Å². The maximum absolute atomic E-state index is 10.4. The van der Waals surface area contributed by atoms with Crippen LogP contribution >= 0.6 is 0 Å². The van der Waals surface area contributed by atoms with Crippen molar-refractivity contribution in [3.63, 3.8) is 0 Å². The fraction of sp³-hybridized carbons (Fsp3) is 0.667. The third kappa shape index (κ3) is 3.46. The number of rotatable bonds is 1. The van der Waals surface area contributed by atoms with Gasteiger partial charge < -0.3 is 16.2 Å². The van der Waals surface area contributed by atoms with Crippen LogP contribution in [0.5, 0.6) is 0 Å². The van der Waals surface area contributed by atoms with Gasteiger partial charge in [-0.1, -0.05) is 12.2 Å². The van der Waals surface area contributed by atoms with E-state index in [0.717, 1.165) is 25.7 Å². The van der Waals surface area contributed by atoms with Gasteiger partial charge in [0.05, 0.1) is 0 Å². The molecule has 0 bridgehead atoms. The molecule has 2 atom stereocenters. The maximum Gasteiger partial charge on any atom is 0.404 e. The highest BCUT2D eigenvalue weighted by Gasteiger charge is 2.19. The summed E-state index contributed by atoms with van der Waals surface area (Å²) in [7, 11) is 0. The lowest BCUT2D eigenvalue weighted by atomic mass is 9.96. The molecule has 4 heteroatoms. The van der Waals surface area contributed by atoms with Crippen molar-refractivity contribution >= 4 is 6.09 Å². The first kappa shape index (κ1) is 10.1. The number of nitrogens with one attached hydrogen (secondary N) is 1. The van der Waals surface area contributed by atoms with Crippen LogP contribution in [0.4, 0.5) is 4.79 Å². The molecule has 0 heterocycles. The molecule has 0 fully saturated rings. The molecule has 1 aliphatic carbocycles.